The van der Waals surface area contributed by atoms with Gasteiger partial charge in [-0.2, -0.15) is 0 Å². The fraction of sp³-hybridized carbons (Fsp3) is 0. The number of hydrogen-bond acceptors (Lipinski definition) is 1. The van der Waals surface area contributed by atoms with E-state index in [1.54, 1.807) is 0 Å². The third-order valence-corrected chi connectivity index (χ3v) is 11.3. The summed E-state index contributed by atoms with van der Waals surface area (Å²) in [7, 11) is 0. The van der Waals surface area contributed by atoms with E-state index >= 15 is 0 Å². The first-order chi connectivity index (χ1) is 24.3. The van der Waals surface area contributed by atoms with Gasteiger partial charge in [-0.3, -0.25) is 0 Å². The summed E-state index contributed by atoms with van der Waals surface area (Å²) in [5, 5.41) is 10.2. The van der Waals surface area contributed by atoms with Crippen LogP contribution in [0.2, 0.25) is 0 Å². The molecule has 0 N–H and O–H groups in total. The molecule has 0 aliphatic rings. The molecule has 0 radical (unpaired) electrons. The summed E-state index contributed by atoms with van der Waals surface area (Å²) in [5.74, 6) is 0. The van der Waals surface area contributed by atoms with Gasteiger partial charge in [-0.05, 0) is 101 Å². The molecular formula is C48H30S. The summed E-state index contributed by atoms with van der Waals surface area (Å²) < 4.78 is 2.68. The Balaban J connectivity index is 1.23. The lowest BCUT2D eigenvalue weighted by molar-refractivity contribution is 1.62. The van der Waals surface area contributed by atoms with Crippen molar-refractivity contribution < 1.29 is 0 Å². The van der Waals surface area contributed by atoms with Gasteiger partial charge in [0.05, 0.1) is 0 Å². The molecule has 1 aromatic heterocycles. The van der Waals surface area contributed by atoms with E-state index in [2.05, 4.69) is 182 Å². The van der Waals surface area contributed by atoms with Crippen molar-refractivity contribution in [3.63, 3.8) is 0 Å². The van der Waals surface area contributed by atoms with Gasteiger partial charge in [0.1, 0.15) is 0 Å². The normalized spacial score (nSPS) is 11.7. The topological polar surface area (TPSA) is 0 Å². The Morgan fingerprint density at radius 2 is 0.878 bits per heavy atom. The fourth-order valence-electron chi connectivity index (χ4n) is 7.77. The molecular weight excluding hydrogens is 609 g/mol. The SMILES string of the molecule is c1ccc(-c2c3ccccc3c(-c3ccc4ccccc4c3)c3cc(-c4cccc(-c5cccc6c5sc5ccccc56)c4)ccc23)cc1. The second kappa shape index (κ2) is 11.3. The average Bonchev–Trinajstić information content (AvgIpc) is 3.56. The maximum absolute atomic E-state index is 2.43. The molecule has 49 heavy (non-hydrogen) atoms. The van der Waals surface area contributed by atoms with Crippen LogP contribution in [0.4, 0.5) is 0 Å². The molecule has 0 saturated heterocycles. The van der Waals surface area contributed by atoms with Crippen molar-refractivity contribution in [1.29, 1.82) is 0 Å². The second-order valence-corrected chi connectivity index (χ2v) is 13.9. The molecule has 0 atom stereocenters. The Morgan fingerprint density at radius 1 is 0.286 bits per heavy atom. The molecule has 0 nitrogen and oxygen atoms in total. The van der Waals surface area contributed by atoms with Gasteiger partial charge in [0.25, 0.3) is 0 Å². The molecule has 0 unspecified atom stereocenters. The highest BCUT2D eigenvalue weighted by Crippen LogP contribution is 2.46. The second-order valence-electron chi connectivity index (χ2n) is 12.8. The number of rotatable bonds is 4. The molecule has 0 aliphatic heterocycles. The third-order valence-electron chi connectivity index (χ3n) is 10.0. The van der Waals surface area contributed by atoms with Crippen LogP contribution in [0.3, 0.4) is 0 Å². The molecule has 228 valence electrons. The number of thiophene rings is 1. The summed E-state index contributed by atoms with van der Waals surface area (Å²) in [4.78, 5) is 0. The van der Waals surface area contributed by atoms with E-state index in [0.29, 0.717) is 0 Å². The van der Waals surface area contributed by atoms with Crippen LogP contribution >= 0.6 is 11.3 Å². The minimum atomic E-state index is 1.22. The summed E-state index contributed by atoms with van der Waals surface area (Å²) >= 11 is 1.89. The zero-order valence-corrected chi connectivity index (χ0v) is 27.5. The van der Waals surface area contributed by atoms with E-state index < -0.39 is 0 Å². The molecule has 0 bridgehead atoms. The molecule has 10 aromatic rings. The van der Waals surface area contributed by atoms with E-state index in [1.165, 1.54) is 97.0 Å². The van der Waals surface area contributed by atoms with E-state index in [4.69, 9.17) is 0 Å². The largest absolute Gasteiger partial charge is 0.135 e. The molecule has 0 saturated carbocycles. The van der Waals surface area contributed by atoms with Crippen LogP contribution in [0.1, 0.15) is 0 Å². The van der Waals surface area contributed by atoms with Gasteiger partial charge in [0.2, 0.25) is 0 Å². The minimum Gasteiger partial charge on any atom is -0.135 e. The summed E-state index contributed by atoms with van der Waals surface area (Å²) in [5.41, 5.74) is 10.0. The zero-order valence-electron chi connectivity index (χ0n) is 26.7. The lowest BCUT2D eigenvalue weighted by atomic mass is 9.84. The molecule has 0 spiro atoms. The predicted octanol–water partition coefficient (Wildman–Crippen LogP) is 14.2. The van der Waals surface area contributed by atoms with Crippen LogP contribution in [-0.4, -0.2) is 0 Å². The lowest BCUT2D eigenvalue weighted by Gasteiger charge is -2.19. The van der Waals surface area contributed by atoms with Crippen LogP contribution < -0.4 is 0 Å². The molecule has 0 fully saturated rings. The molecule has 0 aliphatic carbocycles. The van der Waals surface area contributed by atoms with Gasteiger partial charge >= 0.3 is 0 Å². The Kier molecular flexibility index (Phi) is 6.47. The summed E-state index contributed by atoms with van der Waals surface area (Å²) in [6.07, 6.45) is 0. The third kappa shape index (κ3) is 4.58. The van der Waals surface area contributed by atoms with Crippen molar-refractivity contribution >= 4 is 63.8 Å². The van der Waals surface area contributed by atoms with Crippen LogP contribution in [0.5, 0.6) is 0 Å². The summed E-state index contributed by atoms with van der Waals surface area (Å²) in [6, 6.07) is 67.0. The first kappa shape index (κ1) is 28.0. The highest BCUT2D eigenvalue weighted by molar-refractivity contribution is 7.26. The molecule has 9 aromatic carbocycles. The van der Waals surface area contributed by atoms with Crippen molar-refractivity contribution in [2.45, 2.75) is 0 Å². The van der Waals surface area contributed by atoms with Gasteiger partial charge in [0.15, 0.2) is 0 Å². The monoisotopic (exact) mass is 638 g/mol. The average molecular weight is 639 g/mol. The first-order valence-electron chi connectivity index (χ1n) is 16.8. The van der Waals surface area contributed by atoms with E-state index in [9.17, 15) is 0 Å². The van der Waals surface area contributed by atoms with Crippen LogP contribution in [-0.2, 0) is 0 Å². The highest BCUT2D eigenvalue weighted by Gasteiger charge is 2.18. The van der Waals surface area contributed by atoms with Crippen molar-refractivity contribution in [3.05, 3.63) is 182 Å². The maximum atomic E-state index is 2.43. The molecule has 1 heterocycles. The Hall–Kier alpha value is -6.02. The first-order valence-corrected chi connectivity index (χ1v) is 17.7. The van der Waals surface area contributed by atoms with Crippen molar-refractivity contribution in [1.82, 2.24) is 0 Å². The zero-order chi connectivity index (χ0) is 32.3. The Morgan fingerprint density at radius 3 is 1.73 bits per heavy atom. The van der Waals surface area contributed by atoms with Gasteiger partial charge < -0.3 is 0 Å². The Labute approximate surface area is 289 Å². The van der Waals surface area contributed by atoms with Gasteiger partial charge in [-0.1, -0.05) is 158 Å². The summed E-state index contributed by atoms with van der Waals surface area (Å²) in [6.45, 7) is 0. The van der Waals surface area contributed by atoms with E-state index in [0.717, 1.165) is 0 Å². The number of hydrogen-bond donors (Lipinski definition) is 0. The lowest BCUT2D eigenvalue weighted by Crippen LogP contribution is -1.92. The van der Waals surface area contributed by atoms with E-state index in [1.807, 2.05) is 11.3 Å². The standard InChI is InChI=1S/C48H30S/c1-2-13-32(14-3-1)46-40-19-6-7-20-41(40)47(37-25-24-31-12-4-5-15-33(31)29-37)44-30-35(26-27-42(44)46)34-16-10-17-36(28-34)38-21-11-22-43-39-18-8-9-23-45(39)49-48(38)43/h1-30H. The van der Waals surface area contributed by atoms with Crippen LogP contribution in [0.25, 0.3) is 97.0 Å². The smallest absolute Gasteiger partial charge is 0.0433 e. The van der Waals surface area contributed by atoms with Gasteiger partial charge in [0, 0.05) is 20.2 Å². The fourth-order valence-corrected chi connectivity index (χ4v) is 9.01. The Bertz CT molecular complexity index is 2870. The molecule has 10 rings (SSSR count). The van der Waals surface area contributed by atoms with E-state index in [-0.39, 0.29) is 0 Å². The van der Waals surface area contributed by atoms with Crippen LogP contribution in [0.15, 0.2) is 182 Å². The van der Waals surface area contributed by atoms with Gasteiger partial charge in [-0.15, -0.1) is 11.3 Å². The predicted molar refractivity (Wildman–Crippen MR) is 214 cm³/mol. The van der Waals surface area contributed by atoms with Gasteiger partial charge in [-0.25, -0.2) is 0 Å². The minimum absolute atomic E-state index is 1.22. The highest BCUT2D eigenvalue weighted by atomic mass is 32.1. The van der Waals surface area contributed by atoms with Crippen LogP contribution in [0, 0.1) is 0 Å². The quantitative estimate of drug-likeness (QED) is 0.168. The van der Waals surface area contributed by atoms with Crippen molar-refractivity contribution in [2.75, 3.05) is 0 Å². The number of fused-ring (bicyclic) bond motifs is 6. The molecule has 0 amide bonds. The van der Waals surface area contributed by atoms with Crippen molar-refractivity contribution in [2.24, 2.45) is 0 Å². The van der Waals surface area contributed by atoms with Crippen molar-refractivity contribution in [3.8, 4) is 44.5 Å². The molecule has 1 heteroatoms. The number of benzene rings is 9. The maximum Gasteiger partial charge on any atom is 0.0433 e.